The van der Waals surface area contributed by atoms with Crippen molar-refractivity contribution in [3.05, 3.63) is 11.6 Å². The summed E-state index contributed by atoms with van der Waals surface area (Å²) in [6, 6.07) is -1.32. The molecule has 6 heteroatoms. The topological polar surface area (TPSA) is 89.9 Å². The van der Waals surface area contributed by atoms with Crippen LogP contribution in [0.2, 0.25) is 0 Å². The molecule has 2 amide bonds. The van der Waals surface area contributed by atoms with Crippen molar-refractivity contribution in [2.24, 2.45) is 0 Å². The van der Waals surface area contributed by atoms with E-state index in [1.807, 2.05) is 0 Å². The molecule has 0 radical (unpaired) electrons. The van der Waals surface area contributed by atoms with Gasteiger partial charge in [-0.1, -0.05) is 11.6 Å². The molecule has 0 spiro atoms. The van der Waals surface area contributed by atoms with E-state index in [-0.39, 0.29) is 13.0 Å². The van der Waals surface area contributed by atoms with E-state index < -0.39 is 24.1 Å². The number of hydrogen-bond acceptors (Lipinski definition) is 3. The zero-order chi connectivity index (χ0) is 13.8. The Morgan fingerprint density at radius 3 is 2.89 bits per heavy atom. The highest BCUT2D eigenvalue weighted by molar-refractivity contribution is 5.83. The molecule has 2 aliphatic rings. The molecule has 106 valence electrons. The zero-order valence-electron chi connectivity index (χ0n) is 10.8. The minimum Gasteiger partial charge on any atom is -0.480 e. The SMILES string of the molecule is O=C(O)[C@@H]1C[C@H](O)CN1C(=O)NCCC1=CCCC1. The molecule has 1 fully saturated rings. The first-order valence-electron chi connectivity index (χ1n) is 6.71. The first kappa shape index (κ1) is 13.9. The first-order chi connectivity index (χ1) is 9.08. The Hall–Kier alpha value is -1.56. The largest absolute Gasteiger partial charge is 0.480 e. The number of carboxylic acids is 1. The highest BCUT2D eigenvalue weighted by Crippen LogP contribution is 2.20. The minimum atomic E-state index is -1.06. The van der Waals surface area contributed by atoms with Crippen LogP contribution in [0.4, 0.5) is 4.79 Å². The quantitative estimate of drug-likeness (QED) is 0.655. The van der Waals surface area contributed by atoms with Gasteiger partial charge in [0, 0.05) is 19.5 Å². The van der Waals surface area contributed by atoms with Crippen LogP contribution in [0, 0.1) is 0 Å². The number of nitrogens with one attached hydrogen (secondary N) is 1. The number of aliphatic hydroxyl groups is 1. The van der Waals surface area contributed by atoms with E-state index in [9.17, 15) is 14.7 Å². The third-order valence-electron chi connectivity index (χ3n) is 3.68. The molecule has 0 aromatic carbocycles. The number of aliphatic hydroxyl groups excluding tert-OH is 1. The van der Waals surface area contributed by atoms with E-state index in [4.69, 9.17) is 5.11 Å². The lowest BCUT2D eigenvalue weighted by molar-refractivity contribution is -0.141. The minimum absolute atomic E-state index is 0.0888. The fourth-order valence-electron chi connectivity index (χ4n) is 2.67. The maximum Gasteiger partial charge on any atom is 0.326 e. The van der Waals surface area contributed by atoms with Crippen LogP contribution in [0.3, 0.4) is 0 Å². The standard InChI is InChI=1S/C13H20N2O4/c16-10-7-11(12(17)18)15(8-10)13(19)14-6-5-9-3-1-2-4-9/h3,10-11,16H,1-2,4-8H2,(H,14,19)(H,17,18)/t10-,11-/m0/s1. The molecule has 0 saturated carbocycles. The van der Waals surface area contributed by atoms with Gasteiger partial charge in [0.1, 0.15) is 6.04 Å². The van der Waals surface area contributed by atoms with Crippen LogP contribution < -0.4 is 5.32 Å². The molecule has 0 aromatic heterocycles. The monoisotopic (exact) mass is 268 g/mol. The maximum atomic E-state index is 11.9. The Balaban J connectivity index is 1.79. The van der Waals surface area contributed by atoms with Gasteiger partial charge in [0.15, 0.2) is 0 Å². The number of β-amino-alcohol motifs (C(OH)–C–C–N with tert-alkyl or cyclic N) is 1. The van der Waals surface area contributed by atoms with Crippen molar-refractivity contribution in [1.82, 2.24) is 10.2 Å². The van der Waals surface area contributed by atoms with Gasteiger partial charge < -0.3 is 20.4 Å². The molecule has 1 saturated heterocycles. The van der Waals surface area contributed by atoms with Crippen LogP contribution in [-0.4, -0.2) is 52.3 Å². The van der Waals surface area contributed by atoms with Crippen LogP contribution in [-0.2, 0) is 4.79 Å². The number of urea groups is 1. The van der Waals surface area contributed by atoms with Crippen molar-refractivity contribution >= 4 is 12.0 Å². The van der Waals surface area contributed by atoms with Gasteiger partial charge >= 0.3 is 12.0 Å². The lowest BCUT2D eigenvalue weighted by Gasteiger charge is -2.21. The molecule has 19 heavy (non-hydrogen) atoms. The number of carbonyl (C=O) groups is 2. The Morgan fingerprint density at radius 2 is 2.26 bits per heavy atom. The number of hydrogen-bond donors (Lipinski definition) is 3. The van der Waals surface area contributed by atoms with E-state index >= 15 is 0 Å². The van der Waals surface area contributed by atoms with Crippen LogP contribution in [0.15, 0.2) is 11.6 Å². The van der Waals surface area contributed by atoms with E-state index in [1.165, 1.54) is 16.9 Å². The van der Waals surface area contributed by atoms with Crippen LogP contribution in [0.5, 0.6) is 0 Å². The highest BCUT2D eigenvalue weighted by Gasteiger charge is 2.38. The second-order valence-corrected chi connectivity index (χ2v) is 5.13. The molecule has 1 heterocycles. The summed E-state index contributed by atoms with van der Waals surface area (Å²) in [4.78, 5) is 24.1. The summed E-state index contributed by atoms with van der Waals surface area (Å²) in [6.07, 6.45) is 5.77. The van der Waals surface area contributed by atoms with Crippen molar-refractivity contribution in [2.75, 3.05) is 13.1 Å². The summed E-state index contributed by atoms with van der Waals surface area (Å²) in [6.45, 7) is 0.606. The van der Waals surface area contributed by atoms with Gasteiger partial charge in [0.2, 0.25) is 0 Å². The molecule has 0 unspecified atom stereocenters. The van der Waals surface area contributed by atoms with Crippen molar-refractivity contribution in [2.45, 2.75) is 44.2 Å². The number of amides is 2. The maximum absolute atomic E-state index is 11.9. The lowest BCUT2D eigenvalue weighted by Crippen LogP contribution is -2.46. The molecule has 6 nitrogen and oxygen atoms in total. The van der Waals surface area contributed by atoms with Crippen molar-refractivity contribution in [3.8, 4) is 0 Å². The second-order valence-electron chi connectivity index (χ2n) is 5.13. The Kier molecular flexibility index (Phi) is 4.42. The summed E-state index contributed by atoms with van der Waals surface area (Å²) < 4.78 is 0. The van der Waals surface area contributed by atoms with Gasteiger partial charge in [-0.05, 0) is 25.7 Å². The third kappa shape index (κ3) is 3.47. The number of allylic oxidation sites excluding steroid dienone is 1. The number of rotatable bonds is 4. The predicted octanol–water partition coefficient (Wildman–Crippen LogP) is 0.716. The molecule has 3 N–H and O–H groups in total. The van der Waals surface area contributed by atoms with Gasteiger partial charge in [0.05, 0.1) is 6.10 Å². The van der Waals surface area contributed by atoms with E-state index in [2.05, 4.69) is 11.4 Å². The number of aliphatic carboxylic acids is 1. The van der Waals surface area contributed by atoms with E-state index in [0.29, 0.717) is 6.54 Å². The number of nitrogens with zero attached hydrogens (tertiary/aromatic N) is 1. The normalized spacial score (nSPS) is 26.4. The molecule has 1 aliphatic carbocycles. The first-order valence-corrected chi connectivity index (χ1v) is 6.71. The predicted molar refractivity (Wildman–Crippen MR) is 68.7 cm³/mol. The third-order valence-corrected chi connectivity index (χ3v) is 3.68. The van der Waals surface area contributed by atoms with Crippen molar-refractivity contribution in [3.63, 3.8) is 0 Å². The Morgan fingerprint density at radius 1 is 1.47 bits per heavy atom. The highest BCUT2D eigenvalue weighted by atomic mass is 16.4. The van der Waals surface area contributed by atoms with Crippen LogP contribution in [0.25, 0.3) is 0 Å². The molecule has 2 rings (SSSR count). The fourth-order valence-corrected chi connectivity index (χ4v) is 2.67. The number of carboxylic acid groups (broad SMARTS) is 1. The smallest absolute Gasteiger partial charge is 0.326 e. The summed E-state index contributed by atoms with van der Waals surface area (Å²) in [5.74, 6) is -1.06. The molecule has 2 atom stereocenters. The average Bonchev–Trinajstić information content (AvgIpc) is 2.98. The molecule has 0 aromatic rings. The van der Waals surface area contributed by atoms with Crippen LogP contribution >= 0.6 is 0 Å². The zero-order valence-corrected chi connectivity index (χ0v) is 10.8. The summed E-state index contributed by atoms with van der Waals surface area (Å²) in [5, 5.41) is 21.2. The van der Waals surface area contributed by atoms with E-state index in [0.717, 1.165) is 19.3 Å². The molecule has 1 aliphatic heterocycles. The summed E-state index contributed by atoms with van der Waals surface area (Å²) >= 11 is 0. The van der Waals surface area contributed by atoms with Crippen molar-refractivity contribution < 1.29 is 19.8 Å². The van der Waals surface area contributed by atoms with E-state index in [1.54, 1.807) is 0 Å². The molecular weight excluding hydrogens is 248 g/mol. The number of likely N-dealkylation sites (tertiary alicyclic amines) is 1. The van der Waals surface area contributed by atoms with Gasteiger partial charge in [-0.3, -0.25) is 0 Å². The molecular formula is C13H20N2O4. The van der Waals surface area contributed by atoms with Gasteiger partial charge in [-0.2, -0.15) is 0 Å². The molecule has 0 bridgehead atoms. The lowest BCUT2D eigenvalue weighted by atomic mass is 10.2. The summed E-state index contributed by atoms with van der Waals surface area (Å²) in [7, 11) is 0. The van der Waals surface area contributed by atoms with Gasteiger partial charge in [-0.15, -0.1) is 0 Å². The van der Waals surface area contributed by atoms with Crippen LogP contribution in [0.1, 0.15) is 32.1 Å². The van der Waals surface area contributed by atoms with Gasteiger partial charge in [0.25, 0.3) is 0 Å². The Bertz CT molecular complexity index is 394. The fraction of sp³-hybridized carbons (Fsp3) is 0.692. The second kappa shape index (κ2) is 6.06. The number of carbonyl (C=O) groups excluding carboxylic acids is 1. The van der Waals surface area contributed by atoms with Gasteiger partial charge in [-0.25, -0.2) is 9.59 Å². The van der Waals surface area contributed by atoms with Crippen molar-refractivity contribution in [1.29, 1.82) is 0 Å². The Labute approximate surface area is 112 Å². The average molecular weight is 268 g/mol. The summed E-state index contributed by atoms with van der Waals surface area (Å²) in [5.41, 5.74) is 1.36.